The van der Waals surface area contributed by atoms with Gasteiger partial charge in [0.15, 0.2) is 0 Å². The van der Waals surface area contributed by atoms with Crippen LogP contribution in [0.5, 0.6) is 11.5 Å². The SMILES string of the molecule is COc1ccc(C(OCC2OC(n3cc(N)c(=O)[nH]c3=O)CC2O)(c2ccccc2)c2ccc(OC)cc2)cc1. The third-order valence-electron chi connectivity index (χ3n) is 7.15. The van der Waals surface area contributed by atoms with E-state index in [1.54, 1.807) is 14.2 Å². The summed E-state index contributed by atoms with van der Waals surface area (Å²) in [5, 5.41) is 10.9. The number of ether oxygens (including phenoxy) is 4. The maximum atomic E-state index is 12.4. The Balaban J connectivity index is 1.54. The number of benzene rings is 3. The Kier molecular flexibility index (Phi) is 7.74. The van der Waals surface area contributed by atoms with Crippen LogP contribution in [0, 0.1) is 0 Å². The van der Waals surface area contributed by atoms with Crippen molar-refractivity contribution in [2.24, 2.45) is 0 Å². The number of aromatic amines is 1. The Morgan fingerprint density at radius 3 is 2.02 bits per heavy atom. The average Bonchev–Trinajstić information content (AvgIpc) is 3.36. The van der Waals surface area contributed by atoms with Gasteiger partial charge in [-0.25, -0.2) is 4.79 Å². The predicted molar refractivity (Wildman–Crippen MR) is 149 cm³/mol. The molecule has 1 aliphatic rings. The molecule has 3 aromatic carbocycles. The van der Waals surface area contributed by atoms with Crippen LogP contribution in [-0.2, 0) is 15.1 Å². The molecule has 0 spiro atoms. The summed E-state index contributed by atoms with van der Waals surface area (Å²) in [6.45, 7) is -0.0157. The van der Waals surface area contributed by atoms with Crippen LogP contribution in [0.25, 0.3) is 0 Å². The van der Waals surface area contributed by atoms with Crippen LogP contribution in [0.4, 0.5) is 5.69 Å². The zero-order valence-corrected chi connectivity index (χ0v) is 22.2. The Morgan fingerprint density at radius 2 is 1.48 bits per heavy atom. The van der Waals surface area contributed by atoms with E-state index < -0.39 is 35.3 Å². The van der Waals surface area contributed by atoms with E-state index >= 15 is 0 Å². The van der Waals surface area contributed by atoms with Crippen molar-refractivity contribution in [3.05, 3.63) is 123 Å². The Labute approximate surface area is 230 Å². The summed E-state index contributed by atoms with van der Waals surface area (Å²) in [6.07, 6.45) is -1.20. The molecule has 0 radical (unpaired) electrons. The van der Waals surface area contributed by atoms with Crippen molar-refractivity contribution in [3.63, 3.8) is 0 Å². The molecule has 0 saturated carbocycles. The zero-order chi connectivity index (χ0) is 28.3. The van der Waals surface area contributed by atoms with Gasteiger partial charge in [-0.3, -0.25) is 14.3 Å². The van der Waals surface area contributed by atoms with Gasteiger partial charge in [-0.1, -0.05) is 54.6 Å². The number of H-pyrrole nitrogens is 1. The molecule has 1 saturated heterocycles. The van der Waals surface area contributed by atoms with Crippen molar-refractivity contribution < 1.29 is 24.1 Å². The van der Waals surface area contributed by atoms with Crippen molar-refractivity contribution >= 4 is 5.69 Å². The van der Waals surface area contributed by atoms with Crippen molar-refractivity contribution in [1.82, 2.24) is 9.55 Å². The fourth-order valence-corrected chi connectivity index (χ4v) is 5.03. The molecule has 208 valence electrons. The van der Waals surface area contributed by atoms with Gasteiger partial charge in [0, 0.05) is 12.6 Å². The molecule has 3 unspecified atom stereocenters. The summed E-state index contributed by atoms with van der Waals surface area (Å²) < 4.78 is 24.8. The van der Waals surface area contributed by atoms with Crippen LogP contribution < -0.4 is 26.5 Å². The topological polar surface area (TPSA) is 138 Å². The minimum atomic E-state index is -1.10. The predicted octanol–water partition coefficient (Wildman–Crippen LogP) is 2.79. The lowest BCUT2D eigenvalue weighted by atomic mass is 9.80. The lowest BCUT2D eigenvalue weighted by molar-refractivity contribution is -0.0944. The largest absolute Gasteiger partial charge is 0.497 e. The molecule has 40 heavy (non-hydrogen) atoms. The number of nitrogens with zero attached hydrogens (tertiary/aromatic N) is 1. The van der Waals surface area contributed by atoms with Gasteiger partial charge in [-0.15, -0.1) is 0 Å². The first-order valence-electron chi connectivity index (χ1n) is 12.8. The molecule has 0 aliphatic carbocycles. The summed E-state index contributed by atoms with van der Waals surface area (Å²) in [4.78, 5) is 26.3. The molecule has 0 amide bonds. The van der Waals surface area contributed by atoms with Gasteiger partial charge in [0.2, 0.25) is 0 Å². The van der Waals surface area contributed by atoms with Gasteiger partial charge in [-0.05, 0) is 41.0 Å². The number of nitrogens with two attached hydrogens (primary N) is 1. The number of hydrogen-bond acceptors (Lipinski definition) is 8. The molecule has 10 heteroatoms. The Morgan fingerprint density at radius 1 is 0.925 bits per heavy atom. The van der Waals surface area contributed by atoms with E-state index in [-0.39, 0.29) is 18.7 Å². The first-order valence-corrected chi connectivity index (χ1v) is 12.8. The van der Waals surface area contributed by atoms with Gasteiger partial charge in [0.1, 0.15) is 35.1 Å². The Bertz CT molecular complexity index is 1500. The second-order valence-corrected chi connectivity index (χ2v) is 9.50. The molecule has 1 fully saturated rings. The zero-order valence-electron chi connectivity index (χ0n) is 22.2. The highest BCUT2D eigenvalue weighted by Gasteiger charge is 2.42. The number of aliphatic hydroxyl groups excluding tert-OH is 1. The maximum Gasteiger partial charge on any atom is 0.330 e. The van der Waals surface area contributed by atoms with Crippen molar-refractivity contribution in [1.29, 1.82) is 0 Å². The van der Waals surface area contributed by atoms with Gasteiger partial charge in [-0.2, -0.15) is 0 Å². The summed E-state index contributed by atoms with van der Waals surface area (Å²) in [5.41, 5.74) is 5.67. The number of rotatable bonds is 9. The minimum absolute atomic E-state index is 0.0157. The van der Waals surface area contributed by atoms with E-state index in [4.69, 9.17) is 24.7 Å². The van der Waals surface area contributed by atoms with E-state index in [0.29, 0.717) is 11.5 Å². The van der Waals surface area contributed by atoms with Crippen molar-refractivity contribution in [3.8, 4) is 11.5 Å². The molecule has 4 aromatic rings. The number of methoxy groups -OCH3 is 2. The molecule has 1 aromatic heterocycles. The molecular weight excluding hydrogens is 514 g/mol. The molecule has 10 nitrogen and oxygen atoms in total. The van der Waals surface area contributed by atoms with Crippen LogP contribution in [0.15, 0.2) is 94.6 Å². The highest BCUT2D eigenvalue weighted by atomic mass is 16.6. The van der Waals surface area contributed by atoms with E-state index in [1.165, 1.54) is 10.8 Å². The number of hydrogen-bond donors (Lipinski definition) is 3. The average molecular weight is 546 g/mol. The fourth-order valence-electron chi connectivity index (χ4n) is 5.03. The highest BCUT2D eigenvalue weighted by molar-refractivity contribution is 5.49. The minimum Gasteiger partial charge on any atom is -0.497 e. The molecule has 1 aliphatic heterocycles. The normalized spacial score (nSPS) is 18.9. The Hall–Kier alpha value is -4.38. The number of nitrogens with one attached hydrogen (secondary N) is 1. The number of aliphatic hydroxyl groups is 1. The number of nitrogen functional groups attached to an aromatic ring is 1. The van der Waals surface area contributed by atoms with Gasteiger partial charge in [0.25, 0.3) is 5.56 Å². The third-order valence-corrected chi connectivity index (χ3v) is 7.15. The summed E-state index contributed by atoms with van der Waals surface area (Å²) in [7, 11) is 3.21. The molecule has 3 atom stereocenters. The summed E-state index contributed by atoms with van der Waals surface area (Å²) in [5.74, 6) is 1.40. The van der Waals surface area contributed by atoms with Crippen molar-refractivity contribution in [2.45, 2.75) is 30.5 Å². The quantitative estimate of drug-likeness (QED) is 0.273. The smallest absolute Gasteiger partial charge is 0.330 e. The van der Waals surface area contributed by atoms with Crippen LogP contribution >= 0.6 is 0 Å². The van der Waals surface area contributed by atoms with E-state index in [0.717, 1.165) is 16.7 Å². The highest BCUT2D eigenvalue weighted by Crippen LogP contribution is 2.42. The van der Waals surface area contributed by atoms with E-state index in [1.807, 2.05) is 78.9 Å². The maximum absolute atomic E-state index is 12.4. The van der Waals surface area contributed by atoms with Crippen molar-refractivity contribution in [2.75, 3.05) is 26.6 Å². The first kappa shape index (κ1) is 27.2. The fraction of sp³-hybridized carbons (Fsp3) is 0.267. The van der Waals surface area contributed by atoms with Crippen LogP contribution in [0.3, 0.4) is 0 Å². The van der Waals surface area contributed by atoms with Gasteiger partial charge < -0.3 is 29.8 Å². The standard InChI is InChI=1S/C30H31N3O7/c1-37-22-12-8-20(9-13-22)30(19-6-4-3-5-7-19,21-10-14-23(38-2)15-11-21)39-18-26-25(34)16-27(40-26)33-17-24(31)28(35)32-29(33)36/h3-15,17,25-27,34H,16,18,31H2,1-2H3,(H,32,35,36). The van der Waals surface area contributed by atoms with E-state index in [9.17, 15) is 14.7 Å². The second-order valence-electron chi connectivity index (χ2n) is 9.50. The number of anilines is 1. The molecule has 0 bridgehead atoms. The molecule has 2 heterocycles. The van der Waals surface area contributed by atoms with E-state index in [2.05, 4.69) is 4.98 Å². The van der Waals surface area contributed by atoms with Gasteiger partial charge in [0.05, 0.1) is 26.9 Å². The molecule has 4 N–H and O–H groups in total. The molecule has 5 rings (SSSR count). The monoisotopic (exact) mass is 545 g/mol. The second kappa shape index (κ2) is 11.4. The first-order chi connectivity index (χ1) is 19.3. The number of aromatic nitrogens is 2. The molecular formula is C30H31N3O7. The summed E-state index contributed by atoms with van der Waals surface area (Å²) >= 11 is 0. The third kappa shape index (κ3) is 5.12. The van der Waals surface area contributed by atoms with Crippen LogP contribution in [-0.4, -0.2) is 47.7 Å². The van der Waals surface area contributed by atoms with Gasteiger partial charge >= 0.3 is 5.69 Å². The lowest BCUT2D eigenvalue weighted by Gasteiger charge is -2.37. The van der Waals surface area contributed by atoms with Crippen LogP contribution in [0.1, 0.15) is 29.3 Å². The van der Waals surface area contributed by atoms with Crippen LogP contribution in [0.2, 0.25) is 0 Å². The lowest BCUT2D eigenvalue weighted by Crippen LogP contribution is -2.38. The summed E-state index contributed by atoms with van der Waals surface area (Å²) in [6, 6.07) is 25.0.